The molecule has 0 bridgehead atoms. The number of allylic oxidation sites excluding steroid dienone is 1. The van der Waals surface area contributed by atoms with Gasteiger partial charge in [0.05, 0.1) is 5.92 Å². The fraction of sp³-hybridized carbons (Fsp3) is 0.500. The second-order valence-electron chi connectivity index (χ2n) is 2.76. The summed E-state index contributed by atoms with van der Waals surface area (Å²) in [5.74, 6) is 1.46. The van der Waals surface area contributed by atoms with Crippen LogP contribution in [0.15, 0.2) is 20.5 Å². The molecule has 0 fully saturated rings. The molecule has 11 heavy (non-hydrogen) atoms. The molecule has 0 radical (unpaired) electrons. The van der Waals surface area contributed by atoms with Gasteiger partial charge >= 0.3 is 0 Å². The van der Waals surface area contributed by atoms with Gasteiger partial charge in [0.15, 0.2) is 0 Å². The summed E-state index contributed by atoms with van der Waals surface area (Å²) in [6, 6.07) is 0. The zero-order valence-corrected chi connectivity index (χ0v) is 7.71. The standard InChI is InChI=1S/C8H9BrN2/c9-7-3-5-11-8-6(7)2-1-4-10-8/h3,5-6H,1-2,4H2. The Morgan fingerprint density at radius 3 is 3.27 bits per heavy atom. The molecule has 2 aliphatic rings. The van der Waals surface area contributed by atoms with Gasteiger partial charge in [0, 0.05) is 17.2 Å². The first-order chi connectivity index (χ1) is 5.38. The highest BCUT2D eigenvalue weighted by atomic mass is 79.9. The number of rotatable bonds is 0. The van der Waals surface area contributed by atoms with Crippen molar-refractivity contribution >= 4 is 28.0 Å². The van der Waals surface area contributed by atoms with E-state index in [4.69, 9.17) is 0 Å². The van der Waals surface area contributed by atoms with Crippen molar-refractivity contribution in [3.63, 3.8) is 0 Å². The molecular weight excluding hydrogens is 204 g/mol. The molecule has 3 heteroatoms. The third-order valence-corrected chi connectivity index (χ3v) is 2.83. The summed E-state index contributed by atoms with van der Waals surface area (Å²) in [7, 11) is 0. The number of hydrogen-bond donors (Lipinski definition) is 0. The lowest BCUT2D eigenvalue weighted by Gasteiger charge is -2.21. The zero-order chi connectivity index (χ0) is 7.68. The van der Waals surface area contributed by atoms with Gasteiger partial charge in [-0.05, 0) is 18.9 Å². The Labute approximate surface area is 74.3 Å². The molecule has 0 aromatic carbocycles. The summed E-state index contributed by atoms with van der Waals surface area (Å²) in [5, 5.41) is 0. The van der Waals surface area contributed by atoms with E-state index < -0.39 is 0 Å². The summed E-state index contributed by atoms with van der Waals surface area (Å²) in [5.41, 5.74) is 0. The molecule has 0 saturated carbocycles. The third-order valence-electron chi connectivity index (χ3n) is 2.01. The van der Waals surface area contributed by atoms with Crippen molar-refractivity contribution < 1.29 is 0 Å². The van der Waals surface area contributed by atoms with E-state index in [9.17, 15) is 0 Å². The SMILES string of the molecule is BrC1=CC=NC2=NCCCC12. The highest BCUT2D eigenvalue weighted by Crippen LogP contribution is 2.29. The van der Waals surface area contributed by atoms with Crippen LogP contribution in [0.2, 0.25) is 0 Å². The number of dihydropyridines is 1. The monoisotopic (exact) mass is 212 g/mol. The maximum atomic E-state index is 4.35. The van der Waals surface area contributed by atoms with Gasteiger partial charge in [-0.1, -0.05) is 15.9 Å². The van der Waals surface area contributed by atoms with Gasteiger partial charge in [-0.25, -0.2) is 4.99 Å². The van der Waals surface area contributed by atoms with E-state index in [1.54, 1.807) is 0 Å². The van der Waals surface area contributed by atoms with Gasteiger partial charge in [0.25, 0.3) is 0 Å². The van der Waals surface area contributed by atoms with Gasteiger partial charge in [-0.2, -0.15) is 0 Å². The van der Waals surface area contributed by atoms with Crippen molar-refractivity contribution in [2.45, 2.75) is 12.8 Å². The summed E-state index contributed by atoms with van der Waals surface area (Å²) >= 11 is 3.52. The molecule has 1 atom stereocenters. The zero-order valence-electron chi connectivity index (χ0n) is 6.13. The minimum Gasteiger partial charge on any atom is -0.270 e. The first-order valence-electron chi connectivity index (χ1n) is 3.82. The number of amidine groups is 1. The van der Waals surface area contributed by atoms with E-state index in [-0.39, 0.29) is 0 Å². The van der Waals surface area contributed by atoms with Crippen molar-refractivity contribution in [1.82, 2.24) is 0 Å². The summed E-state index contributed by atoms with van der Waals surface area (Å²) in [6.45, 7) is 0.948. The Hall–Kier alpha value is -0.440. The molecule has 2 heterocycles. The van der Waals surface area contributed by atoms with E-state index in [2.05, 4.69) is 25.9 Å². The van der Waals surface area contributed by atoms with Crippen LogP contribution in [-0.2, 0) is 0 Å². The van der Waals surface area contributed by atoms with Crippen molar-refractivity contribution in [1.29, 1.82) is 0 Å². The van der Waals surface area contributed by atoms with Crippen LogP contribution in [-0.4, -0.2) is 18.6 Å². The van der Waals surface area contributed by atoms with Crippen LogP contribution in [0.3, 0.4) is 0 Å². The molecule has 0 aromatic heterocycles. The molecule has 2 nitrogen and oxygen atoms in total. The lowest BCUT2D eigenvalue weighted by Crippen LogP contribution is -2.20. The highest BCUT2D eigenvalue weighted by molar-refractivity contribution is 9.11. The molecule has 58 valence electrons. The summed E-state index contributed by atoms with van der Waals surface area (Å²) in [4.78, 5) is 8.57. The van der Waals surface area contributed by atoms with Gasteiger partial charge in [0.2, 0.25) is 0 Å². The topological polar surface area (TPSA) is 24.7 Å². The molecule has 0 N–H and O–H groups in total. The largest absolute Gasteiger partial charge is 0.270 e. The van der Waals surface area contributed by atoms with Crippen LogP contribution in [0.5, 0.6) is 0 Å². The van der Waals surface area contributed by atoms with Crippen LogP contribution >= 0.6 is 15.9 Å². The molecular formula is C8H9BrN2. The molecule has 2 rings (SSSR count). The van der Waals surface area contributed by atoms with E-state index in [0.717, 1.165) is 12.4 Å². The van der Waals surface area contributed by atoms with Gasteiger partial charge < -0.3 is 0 Å². The van der Waals surface area contributed by atoms with Crippen molar-refractivity contribution in [2.24, 2.45) is 15.9 Å². The number of nitrogens with zero attached hydrogens (tertiary/aromatic N) is 2. The fourth-order valence-electron chi connectivity index (χ4n) is 1.42. The molecule has 0 aliphatic carbocycles. The molecule has 1 unspecified atom stereocenters. The van der Waals surface area contributed by atoms with Crippen molar-refractivity contribution in [2.75, 3.05) is 6.54 Å². The van der Waals surface area contributed by atoms with Crippen LogP contribution < -0.4 is 0 Å². The van der Waals surface area contributed by atoms with Crippen LogP contribution in [0.1, 0.15) is 12.8 Å². The summed E-state index contributed by atoms with van der Waals surface area (Å²) < 4.78 is 1.23. The van der Waals surface area contributed by atoms with E-state index in [1.807, 2.05) is 12.3 Å². The van der Waals surface area contributed by atoms with Crippen LogP contribution in [0.4, 0.5) is 0 Å². The van der Waals surface area contributed by atoms with E-state index in [0.29, 0.717) is 5.92 Å². The lowest BCUT2D eigenvalue weighted by molar-refractivity contribution is 0.641. The fourth-order valence-corrected chi connectivity index (χ4v) is 1.97. The smallest absolute Gasteiger partial charge is 0.131 e. The Bertz CT molecular complexity index is 253. The minimum absolute atomic E-state index is 0.453. The Balaban J connectivity index is 2.32. The summed E-state index contributed by atoms with van der Waals surface area (Å²) in [6.07, 6.45) is 6.19. The average molecular weight is 213 g/mol. The third kappa shape index (κ3) is 1.29. The first-order valence-corrected chi connectivity index (χ1v) is 4.61. The Morgan fingerprint density at radius 1 is 1.55 bits per heavy atom. The molecule has 0 aromatic rings. The van der Waals surface area contributed by atoms with E-state index >= 15 is 0 Å². The first kappa shape index (κ1) is 7.22. The number of aliphatic imine (C=N–C) groups is 2. The predicted octanol–water partition coefficient (Wildman–Crippen LogP) is 2.16. The number of fused-ring (bicyclic) bond motifs is 1. The molecule has 2 aliphatic heterocycles. The second-order valence-corrected chi connectivity index (χ2v) is 3.68. The molecule has 0 spiro atoms. The second kappa shape index (κ2) is 2.89. The normalized spacial score (nSPS) is 29.0. The Kier molecular flexibility index (Phi) is 1.90. The lowest BCUT2D eigenvalue weighted by atomic mass is 9.97. The average Bonchev–Trinajstić information content (AvgIpc) is 2.06. The minimum atomic E-state index is 0.453. The van der Waals surface area contributed by atoms with Gasteiger partial charge in [-0.3, -0.25) is 4.99 Å². The maximum absolute atomic E-state index is 4.35. The van der Waals surface area contributed by atoms with Crippen molar-refractivity contribution in [3.8, 4) is 0 Å². The number of halogens is 1. The van der Waals surface area contributed by atoms with Crippen LogP contribution in [0.25, 0.3) is 0 Å². The van der Waals surface area contributed by atoms with E-state index in [1.165, 1.54) is 17.3 Å². The van der Waals surface area contributed by atoms with Crippen LogP contribution in [0, 0.1) is 5.92 Å². The number of hydrogen-bond acceptors (Lipinski definition) is 2. The molecule has 0 amide bonds. The van der Waals surface area contributed by atoms with Gasteiger partial charge in [0.1, 0.15) is 5.84 Å². The maximum Gasteiger partial charge on any atom is 0.131 e. The quantitative estimate of drug-likeness (QED) is 0.589. The van der Waals surface area contributed by atoms with Gasteiger partial charge in [-0.15, -0.1) is 0 Å². The highest BCUT2D eigenvalue weighted by Gasteiger charge is 2.22. The predicted molar refractivity (Wildman–Crippen MR) is 50.5 cm³/mol. The Morgan fingerprint density at radius 2 is 2.45 bits per heavy atom. The molecule has 0 saturated heterocycles. The van der Waals surface area contributed by atoms with Crippen molar-refractivity contribution in [3.05, 3.63) is 10.6 Å².